The minimum absolute atomic E-state index is 0.101. The standard InChI is InChI=1S/C27H31ClN2O6/c1-4-17(15-31)30-22-24(33)29(21-16(3)9-6-10-18(21)28)13-7-12-27(22)19(23(30)32)20-25(34)35-14-8-11-26(20,5-2)36-27/h6-12,17,19-20,22,31H,4-5,13-15H2,1-3H3/t17-,19-,20-,22?,26+,27-/m0/s1. The Kier molecular flexibility index (Phi) is 6.25. The molecular formula is C27H31ClN2O6. The lowest BCUT2D eigenvalue weighted by atomic mass is 9.73. The summed E-state index contributed by atoms with van der Waals surface area (Å²) in [6, 6.07) is 3.71. The number of aliphatic hydroxyl groups excluding tert-OH is 1. The molecule has 8 nitrogen and oxygen atoms in total. The highest BCUT2D eigenvalue weighted by Gasteiger charge is 2.76. The normalized spacial score (nSPS) is 34.1. The van der Waals surface area contributed by atoms with Crippen LogP contribution >= 0.6 is 11.6 Å². The number of nitrogens with zero attached hydrogens (tertiary/aromatic N) is 2. The molecule has 2 saturated heterocycles. The number of likely N-dealkylation sites (tertiary alicyclic amines) is 1. The van der Waals surface area contributed by atoms with Gasteiger partial charge in [0.25, 0.3) is 5.91 Å². The number of cyclic esters (lactones) is 1. The fourth-order valence-electron chi connectivity index (χ4n) is 6.51. The molecule has 1 spiro atoms. The number of hydrogen-bond donors (Lipinski definition) is 1. The number of anilines is 1. The van der Waals surface area contributed by atoms with Gasteiger partial charge in [-0.2, -0.15) is 0 Å². The van der Waals surface area contributed by atoms with Crippen molar-refractivity contribution in [2.75, 3.05) is 24.7 Å². The highest BCUT2D eigenvalue weighted by Crippen LogP contribution is 2.59. The minimum Gasteiger partial charge on any atom is -0.461 e. The van der Waals surface area contributed by atoms with E-state index in [4.69, 9.17) is 21.1 Å². The molecule has 0 aliphatic carbocycles. The third-order valence-electron chi connectivity index (χ3n) is 8.17. The molecular weight excluding hydrogens is 484 g/mol. The van der Waals surface area contributed by atoms with Gasteiger partial charge >= 0.3 is 5.97 Å². The Labute approximate surface area is 215 Å². The third kappa shape index (κ3) is 3.31. The Bertz CT molecular complexity index is 1140. The summed E-state index contributed by atoms with van der Waals surface area (Å²) in [6.45, 7) is 5.62. The van der Waals surface area contributed by atoms with E-state index in [2.05, 4.69) is 0 Å². The number of ether oxygens (including phenoxy) is 2. The molecule has 1 aromatic carbocycles. The quantitative estimate of drug-likeness (QED) is 0.479. The van der Waals surface area contributed by atoms with Crippen molar-refractivity contribution in [3.8, 4) is 0 Å². The summed E-state index contributed by atoms with van der Waals surface area (Å²) >= 11 is 6.56. The van der Waals surface area contributed by atoms with Crippen molar-refractivity contribution in [3.63, 3.8) is 0 Å². The smallest absolute Gasteiger partial charge is 0.313 e. The second kappa shape index (κ2) is 9.01. The number of esters is 1. The molecule has 36 heavy (non-hydrogen) atoms. The number of aryl methyl sites for hydroxylation is 1. The lowest BCUT2D eigenvalue weighted by molar-refractivity contribution is -0.159. The summed E-state index contributed by atoms with van der Waals surface area (Å²) < 4.78 is 12.2. The van der Waals surface area contributed by atoms with Crippen LogP contribution in [0.5, 0.6) is 0 Å². The number of aliphatic hydroxyl groups is 1. The fraction of sp³-hybridized carbons (Fsp3) is 0.519. The van der Waals surface area contributed by atoms with Crippen LogP contribution in [-0.4, -0.2) is 70.8 Å². The van der Waals surface area contributed by atoms with Gasteiger partial charge in [-0.05, 0) is 37.5 Å². The maximum absolute atomic E-state index is 14.4. The number of fused-ring (bicyclic) bond motifs is 2. The number of benzene rings is 1. The summed E-state index contributed by atoms with van der Waals surface area (Å²) in [6.07, 6.45) is 7.99. The molecule has 6 atom stereocenters. The molecule has 4 heterocycles. The molecule has 0 radical (unpaired) electrons. The first-order chi connectivity index (χ1) is 17.3. The SMILES string of the molecule is CC[C@@H](CO)N1C(=O)[C@@H]2[C@H]3C(=O)OCC=C[C@@]3(CC)O[C@@]23C=CCN(c2c(C)cccc2Cl)C(=O)C13. The van der Waals surface area contributed by atoms with Gasteiger partial charge in [-0.25, -0.2) is 0 Å². The van der Waals surface area contributed by atoms with Crippen LogP contribution in [0.2, 0.25) is 5.02 Å². The first-order valence-corrected chi connectivity index (χ1v) is 12.9. The summed E-state index contributed by atoms with van der Waals surface area (Å²) in [5, 5.41) is 10.6. The van der Waals surface area contributed by atoms with Gasteiger partial charge in [0, 0.05) is 6.54 Å². The zero-order valence-electron chi connectivity index (χ0n) is 20.6. The molecule has 1 N–H and O–H groups in total. The van der Waals surface area contributed by atoms with Crippen molar-refractivity contribution in [2.45, 2.75) is 56.9 Å². The van der Waals surface area contributed by atoms with Crippen LogP contribution in [0.25, 0.3) is 0 Å². The summed E-state index contributed by atoms with van der Waals surface area (Å²) in [5.74, 6) is -3.14. The van der Waals surface area contributed by atoms with Crippen molar-refractivity contribution in [3.05, 3.63) is 53.1 Å². The zero-order valence-corrected chi connectivity index (χ0v) is 21.4. The Morgan fingerprint density at radius 2 is 1.92 bits per heavy atom. The highest BCUT2D eigenvalue weighted by atomic mass is 35.5. The number of carbonyl (C=O) groups is 3. The zero-order chi connectivity index (χ0) is 25.8. The van der Waals surface area contributed by atoms with Gasteiger partial charge in [0.2, 0.25) is 5.91 Å². The lowest BCUT2D eigenvalue weighted by Gasteiger charge is -2.40. The van der Waals surface area contributed by atoms with Crippen LogP contribution in [0, 0.1) is 18.8 Å². The molecule has 0 bridgehead atoms. The van der Waals surface area contributed by atoms with Gasteiger partial charge < -0.3 is 24.4 Å². The van der Waals surface area contributed by atoms with Gasteiger partial charge in [0.1, 0.15) is 29.8 Å². The van der Waals surface area contributed by atoms with Crippen molar-refractivity contribution in [1.29, 1.82) is 0 Å². The number of para-hydroxylation sites is 1. The van der Waals surface area contributed by atoms with E-state index in [0.717, 1.165) is 5.56 Å². The van der Waals surface area contributed by atoms with Gasteiger partial charge in [0.05, 0.1) is 29.3 Å². The number of halogens is 1. The number of carbonyl (C=O) groups excluding carboxylic acids is 3. The largest absolute Gasteiger partial charge is 0.461 e. The third-order valence-corrected chi connectivity index (χ3v) is 8.47. The maximum Gasteiger partial charge on any atom is 0.313 e. The number of rotatable bonds is 5. The molecule has 1 aromatic rings. The van der Waals surface area contributed by atoms with E-state index in [-0.39, 0.29) is 31.6 Å². The Morgan fingerprint density at radius 1 is 1.14 bits per heavy atom. The molecule has 4 aliphatic rings. The first kappa shape index (κ1) is 25.0. The first-order valence-electron chi connectivity index (χ1n) is 12.5. The second-order valence-electron chi connectivity index (χ2n) is 9.90. The molecule has 0 saturated carbocycles. The van der Waals surface area contributed by atoms with Crippen molar-refractivity contribution < 1.29 is 29.0 Å². The molecule has 192 valence electrons. The number of amides is 2. The van der Waals surface area contributed by atoms with E-state index in [1.807, 2.05) is 45.1 Å². The Balaban J connectivity index is 1.72. The van der Waals surface area contributed by atoms with E-state index < -0.39 is 41.1 Å². The second-order valence-corrected chi connectivity index (χ2v) is 10.3. The molecule has 0 aromatic heterocycles. The molecule has 2 amide bonds. The molecule has 1 unspecified atom stereocenters. The molecule has 5 rings (SSSR count). The van der Waals surface area contributed by atoms with E-state index in [9.17, 15) is 19.5 Å². The van der Waals surface area contributed by atoms with Gasteiger partial charge in [-0.3, -0.25) is 14.4 Å². The Morgan fingerprint density at radius 3 is 2.58 bits per heavy atom. The minimum atomic E-state index is -1.40. The van der Waals surface area contributed by atoms with Gasteiger partial charge in [-0.1, -0.05) is 55.8 Å². The summed E-state index contributed by atoms with van der Waals surface area (Å²) in [4.78, 5) is 44.9. The van der Waals surface area contributed by atoms with Crippen molar-refractivity contribution >= 4 is 35.1 Å². The van der Waals surface area contributed by atoms with Gasteiger partial charge in [0.15, 0.2) is 0 Å². The molecule has 2 fully saturated rings. The van der Waals surface area contributed by atoms with Gasteiger partial charge in [-0.15, -0.1) is 0 Å². The predicted molar refractivity (Wildman–Crippen MR) is 133 cm³/mol. The van der Waals surface area contributed by atoms with E-state index >= 15 is 0 Å². The van der Waals surface area contributed by atoms with E-state index in [1.54, 1.807) is 23.1 Å². The topological polar surface area (TPSA) is 96.4 Å². The molecule has 9 heteroatoms. The van der Waals surface area contributed by atoms with E-state index in [0.29, 0.717) is 23.6 Å². The van der Waals surface area contributed by atoms with Crippen LogP contribution in [0.4, 0.5) is 5.69 Å². The molecule has 4 aliphatic heterocycles. The average molecular weight is 515 g/mol. The monoisotopic (exact) mass is 514 g/mol. The van der Waals surface area contributed by atoms with Crippen molar-refractivity contribution in [2.24, 2.45) is 11.8 Å². The highest BCUT2D eigenvalue weighted by molar-refractivity contribution is 6.34. The maximum atomic E-state index is 14.4. The van der Waals surface area contributed by atoms with E-state index in [1.165, 1.54) is 4.90 Å². The van der Waals surface area contributed by atoms with Crippen LogP contribution in [0.3, 0.4) is 0 Å². The Hall–Kier alpha value is -2.68. The van der Waals surface area contributed by atoms with Crippen molar-refractivity contribution in [1.82, 2.24) is 4.90 Å². The summed E-state index contributed by atoms with van der Waals surface area (Å²) in [5.41, 5.74) is -1.10. The fourth-order valence-corrected chi connectivity index (χ4v) is 6.83. The average Bonchev–Trinajstić information content (AvgIpc) is 3.14. The lowest BCUT2D eigenvalue weighted by Crippen LogP contribution is -2.59. The van der Waals surface area contributed by atoms with Crippen LogP contribution in [-0.2, 0) is 23.9 Å². The summed E-state index contributed by atoms with van der Waals surface area (Å²) in [7, 11) is 0. The van der Waals surface area contributed by atoms with Crippen LogP contribution in [0.1, 0.15) is 32.3 Å². The van der Waals surface area contributed by atoms with Crippen LogP contribution in [0.15, 0.2) is 42.5 Å². The predicted octanol–water partition coefficient (Wildman–Crippen LogP) is 2.80. The van der Waals surface area contributed by atoms with Crippen LogP contribution < -0.4 is 4.90 Å². The number of hydrogen-bond acceptors (Lipinski definition) is 6.